The highest BCUT2D eigenvalue weighted by atomic mass is 15.3. The van der Waals surface area contributed by atoms with E-state index in [1.165, 1.54) is 0 Å². The van der Waals surface area contributed by atoms with E-state index in [0.717, 1.165) is 64.6 Å². The van der Waals surface area contributed by atoms with Crippen molar-refractivity contribution in [3.63, 3.8) is 0 Å². The molecule has 0 amide bonds. The van der Waals surface area contributed by atoms with Crippen molar-refractivity contribution in [3.8, 4) is 0 Å². The maximum atomic E-state index is 5.77. The zero-order valence-corrected chi connectivity index (χ0v) is 13.4. The van der Waals surface area contributed by atoms with Gasteiger partial charge in [-0.25, -0.2) is 9.97 Å². The number of nitrogens with one attached hydrogen (secondary N) is 1. The molecule has 1 aliphatic rings. The zero-order valence-electron chi connectivity index (χ0n) is 13.4. The van der Waals surface area contributed by atoms with Crippen LogP contribution in [0.5, 0.6) is 0 Å². The molecule has 122 valence electrons. The van der Waals surface area contributed by atoms with E-state index in [0.29, 0.717) is 5.96 Å². The minimum atomic E-state index is 0.563. The third kappa shape index (κ3) is 5.48. The van der Waals surface area contributed by atoms with Gasteiger partial charge in [0.15, 0.2) is 5.96 Å². The van der Waals surface area contributed by atoms with Crippen LogP contribution in [0.25, 0.3) is 0 Å². The van der Waals surface area contributed by atoms with Gasteiger partial charge in [0.25, 0.3) is 0 Å². The number of hydrogen-bond donors (Lipinski definition) is 2. The average molecular weight is 305 g/mol. The molecule has 2 heterocycles. The van der Waals surface area contributed by atoms with E-state index in [-0.39, 0.29) is 0 Å². The molecule has 0 aliphatic carbocycles. The highest BCUT2D eigenvalue weighted by Gasteiger charge is 2.17. The molecular weight excluding hydrogens is 278 g/mol. The molecule has 0 atom stereocenters. The Balaban J connectivity index is 1.60. The van der Waals surface area contributed by atoms with E-state index in [1.54, 1.807) is 12.4 Å². The van der Waals surface area contributed by atoms with Gasteiger partial charge in [-0.15, -0.1) is 0 Å². The lowest BCUT2D eigenvalue weighted by Gasteiger charge is -2.34. The summed E-state index contributed by atoms with van der Waals surface area (Å²) in [6, 6.07) is 1.85. The molecule has 0 radical (unpaired) electrons. The Morgan fingerprint density at radius 2 is 2.00 bits per heavy atom. The van der Waals surface area contributed by atoms with Crippen LogP contribution in [0.4, 0.5) is 5.95 Å². The quantitative estimate of drug-likeness (QED) is 0.428. The largest absolute Gasteiger partial charge is 0.370 e. The maximum absolute atomic E-state index is 5.77. The number of nitrogens with zero attached hydrogens (tertiary/aromatic N) is 5. The van der Waals surface area contributed by atoms with E-state index in [9.17, 15) is 0 Å². The minimum absolute atomic E-state index is 0.563. The van der Waals surface area contributed by atoms with Crippen molar-refractivity contribution < 1.29 is 0 Å². The summed E-state index contributed by atoms with van der Waals surface area (Å²) in [5.74, 6) is 1.40. The molecule has 2 rings (SSSR count). The average Bonchev–Trinajstić information content (AvgIpc) is 2.58. The second kappa shape index (κ2) is 9.19. The fourth-order valence-electron chi connectivity index (χ4n) is 2.43. The Morgan fingerprint density at radius 1 is 1.27 bits per heavy atom. The van der Waals surface area contributed by atoms with Crippen molar-refractivity contribution in [1.82, 2.24) is 20.2 Å². The van der Waals surface area contributed by atoms with Crippen LogP contribution >= 0.6 is 0 Å². The van der Waals surface area contributed by atoms with Gasteiger partial charge in [0.1, 0.15) is 0 Å². The van der Waals surface area contributed by atoms with Crippen LogP contribution in [-0.2, 0) is 0 Å². The first-order chi connectivity index (χ1) is 10.8. The van der Waals surface area contributed by atoms with Gasteiger partial charge < -0.3 is 16.0 Å². The molecule has 22 heavy (non-hydrogen) atoms. The molecule has 0 bridgehead atoms. The van der Waals surface area contributed by atoms with Crippen LogP contribution in [0.2, 0.25) is 0 Å². The molecule has 0 aromatic carbocycles. The molecule has 7 nitrogen and oxygen atoms in total. The Morgan fingerprint density at radius 3 is 2.68 bits per heavy atom. The number of aromatic nitrogens is 2. The fourth-order valence-corrected chi connectivity index (χ4v) is 2.43. The first-order valence-corrected chi connectivity index (χ1v) is 8.07. The van der Waals surface area contributed by atoms with Gasteiger partial charge in [-0.3, -0.25) is 9.89 Å². The summed E-state index contributed by atoms with van der Waals surface area (Å²) in [6.07, 6.45) is 5.69. The molecule has 0 spiro atoms. The Hall–Kier alpha value is -1.89. The van der Waals surface area contributed by atoms with Crippen LogP contribution in [0.1, 0.15) is 19.8 Å². The lowest BCUT2D eigenvalue weighted by atomic mass is 10.3. The minimum Gasteiger partial charge on any atom is -0.370 e. The van der Waals surface area contributed by atoms with E-state index < -0.39 is 0 Å². The fraction of sp³-hybridized carbons (Fsp3) is 0.667. The third-order valence-corrected chi connectivity index (χ3v) is 3.67. The highest BCUT2D eigenvalue weighted by Crippen LogP contribution is 2.09. The van der Waals surface area contributed by atoms with E-state index in [1.807, 2.05) is 6.07 Å². The Bertz CT molecular complexity index is 440. The predicted octanol–water partition coefficient (Wildman–Crippen LogP) is 0.303. The van der Waals surface area contributed by atoms with Crippen molar-refractivity contribution in [2.45, 2.75) is 19.8 Å². The normalized spacial score (nSPS) is 16.8. The number of rotatable bonds is 7. The first kappa shape index (κ1) is 16.5. The van der Waals surface area contributed by atoms with Crippen LogP contribution in [0, 0.1) is 0 Å². The van der Waals surface area contributed by atoms with Crippen LogP contribution in [0.3, 0.4) is 0 Å². The number of piperazine rings is 1. The smallest absolute Gasteiger partial charge is 0.225 e. The summed E-state index contributed by atoms with van der Waals surface area (Å²) < 4.78 is 0. The van der Waals surface area contributed by atoms with E-state index in [4.69, 9.17) is 5.73 Å². The monoisotopic (exact) mass is 305 g/mol. The lowest BCUT2D eigenvalue weighted by molar-refractivity contribution is 0.254. The van der Waals surface area contributed by atoms with Gasteiger partial charge in [0.05, 0.1) is 0 Å². The second-order valence-electron chi connectivity index (χ2n) is 5.42. The van der Waals surface area contributed by atoms with Crippen LogP contribution in [-0.4, -0.2) is 66.6 Å². The third-order valence-electron chi connectivity index (χ3n) is 3.67. The predicted molar refractivity (Wildman–Crippen MR) is 90.1 cm³/mol. The Labute approximate surface area is 132 Å². The topological polar surface area (TPSA) is 82.7 Å². The summed E-state index contributed by atoms with van der Waals surface area (Å²) in [5, 5.41) is 3.16. The SMILES string of the molecule is CCCN=C(N)NCCCN1CCN(c2ncccn2)CC1. The molecule has 1 aromatic rings. The molecule has 7 heteroatoms. The van der Waals surface area contributed by atoms with Crippen LogP contribution < -0.4 is 16.0 Å². The van der Waals surface area contributed by atoms with Crippen molar-refractivity contribution in [1.29, 1.82) is 0 Å². The van der Waals surface area contributed by atoms with Gasteiger partial charge >= 0.3 is 0 Å². The van der Waals surface area contributed by atoms with Gasteiger partial charge in [0.2, 0.25) is 5.95 Å². The second-order valence-corrected chi connectivity index (χ2v) is 5.42. The summed E-state index contributed by atoms with van der Waals surface area (Å²) in [5.41, 5.74) is 5.77. The first-order valence-electron chi connectivity index (χ1n) is 8.07. The molecule has 1 aliphatic heterocycles. The number of hydrogen-bond acceptors (Lipinski definition) is 5. The number of anilines is 1. The van der Waals surface area contributed by atoms with Crippen LogP contribution in [0.15, 0.2) is 23.5 Å². The molecule has 3 N–H and O–H groups in total. The number of nitrogens with two attached hydrogens (primary N) is 1. The van der Waals surface area contributed by atoms with Gasteiger partial charge in [-0.05, 0) is 25.5 Å². The summed E-state index contributed by atoms with van der Waals surface area (Å²) in [4.78, 5) is 17.5. The zero-order chi connectivity index (χ0) is 15.6. The highest BCUT2D eigenvalue weighted by molar-refractivity contribution is 5.77. The summed E-state index contributed by atoms with van der Waals surface area (Å²) in [7, 11) is 0. The van der Waals surface area contributed by atoms with Gasteiger partial charge in [0, 0.05) is 51.7 Å². The maximum Gasteiger partial charge on any atom is 0.225 e. The molecule has 1 fully saturated rings. The summed E-state index contributed by atoms with van der Waals surface area (Å²) >= 11 is 0. The van der Waals surface area contributed by atoms with Gasteiger partial charge in [-0.2, -0.15) is 0 Å². The van der Waals surface area contributed by atoms with E-state index in [2.05, 4.69) is 37.0 Å². The molecule has 1 aromatic heterocycles. The van der Waals surface area contributed by atoms with E-state index >= 15 is 0 Å². The molecule has 0 saturated carbocycles. The standard InChI is InChI=1S/C15H27N7/c1-2-5-17-14(16)18-8-4-9-21-10-12-22(13-11-21)15-19-6-3-7-20-15/h3,6-7H,2,4-5,8-13H2,1H3,(H3,16,17,18). The van der Waals surface area contributed by atoms with Crippen molar-refractivity contribution >= 4 is 11.9 Å². The van der Waals surface area contributed by atoms with Gasteiger partial charge in [-0.1, -0.05) is 6.92 Å². The lowest BCUT2D eigenvalue weighted by Crippen LogP contribution is -2.47. The number of guanidine groups is 1. The summed E-state index contributed by atoms with van der Waals surface area (Å²) in [6.45, 7) is 8.92. The molecule has 0 unspecified atom stereocenters. The van der Waals surface area contributed by atoms with Crippen molar-refractivity contribution in [3.05, 3.63) is 18.5 Å². The van der Waals surface area contributed by atoms with Crippen molar-refractivity contribution in [2.75, 3.05) is 50.7 Å². The molecular formula is C15H27N7. The van der Waals surface area contributed by atoms with Crippen molar-refractivity contribution in [2.24, 2.45) is 10.7 Å². The Kier molecular flexibility index (Phi) is 6.89. The molecule has 1 saturated heterocycles. The number of aliphatic imine (C=N–C) groups is 1.